The molecule has 1 aliphatic heterocycles. The number of imide groups is 1. The van der Waals surface area contributed by atoms with E-state index in [-0.39, 0.29) is 12.3 Å². The minimum absolute atomic E-state index is 0.126. The Morgan fingerprint density at radius 1 is 1.27 bits per heavy atom. The third-order valence-electron chi connectivity index (χ3n) is 2.23. The molecule has 0 saturated carbocycles. The van der Waals surface area contributed by atoms with Crippen molar-refractivity contribution in [2.45, 2.75) is 12.6 Å². The smallest absolute Gasteiger partial charge is 0.310 e. The maximum absolute atomic E-state index is 11.5. The van der Waals surface area contributed by atoms with Gasteiger partial charge in [-0.1, -0.05) is 18.2 Å². The van der Waals surface area contributed by atoms with Crippen molar-refractivity contribution < 1.29 is 9.59 Å². The topological polar surface area (TPSA) is 75.4 Å². The van der Waals surface area contributed by atoms with Crippen LogP contribution in [0, 0.1) is 0 Å². The molecule has 0 aliphatic carbocycles. The summed E-state index contributed by atoms with van der Waals surface area (Å²) in [5, 5.41) is 2.23. The molecule has 1 unspecified atom stereocenters. The molecule has 1 saturated heterocycles. The van der Waals surface area contributed by atoms with Crippen molar-refractivity contribution in [1.82, 2.24) is 5.32 Å². The van der Waals surface area contributed by atoms with Crippen molar-refractivity contribution in [2.75, 3.05) is 4.90 Å². The third kappa shape index (κ3) is 1.82. The van der Waals surface area contributed by atoms with Crippen molar-refractivity contribution in [1.29, 1.82) is 0 Å². The summed E-state index contributed by atoms with van der Waals surface area (Å²) in [6, 6.07) is 8.55. The van der Waals surface area contributed by atoms with E-state index in [0.717, 1.165) is 0 Å². The van der Waals surface area contributed by atoms with Crippen LogP contribution in [0.2, 0.25) is 0 Å². The average molecular weight is 205 g/mol. The second-order valence-electron chi connectivity index (χ2n) is 3.33. The van der Waals surface area contributed by atoms with Crippen LogP contribution >= 0.6 is 0 Å². The van der Waals surface area contributed by atoms with Gasteiger partial charge in [0.25, 0.3) is 0 Å². The summed E-state index contributed by atoms with van der Waals surface area (Å²) in [5.41, 5.74) is 6.43. The number of hydrogen-bond donors (Lipinski definition) is 2. The average Bonchev–Trinajstić information content (AvgIpc) is 2.17. The van der Waals surface area contributed by atoms with Crippen LogP contribution in [0.15, 0.2) is 30.3 Å². The Kier molecular flexibility index (Phi) is 2.39. The van der Waals surface area contributed by atoms with E-state index < -0.39 is 12.2 Å². The highest BCUT2D eigenvalue weighted by Gasteiger charge is 2.30. The van der Waals surface area contributed by atoms with E-state index in [0.29, 0.717) is 5.69 Å². The first kappa shape index (κ1) is 9.67. The number of carbonyl (C=O) groups excluding carboxylic acids is 2. The quantitative estimate of drug-likeness (QED) is 0.697. The van der Waals surface area contributed by atoms with Gasteiger partial charge in [-0.05, 0) is 12.1 Å². The maximum atomic E-state index is 11.5. The normalized spacial score (nSPS) is 21.4. The zero-order valence-electron chi connectivity index (χ0n) is 8.01. The fraction of sp³-hybridized carbons (Fsp3) is 0.200. The molecule has 5 heteroatoms. The van der Waals surface area contributed by atoms with Gasteiger partial charge in [-0.2, -0.15) is 0 Å². The number of urea groups is 1. The van der Waals surface area contributed by atoms with Gasteiger partial charge in [0, 0.05) is 5.69 Å². The largest absolute Gasteiger partial charge is 0.329 e. The van der Waals surface area contributed by atoms with Crippen LogP contribution in [-0.2, 0) is 4.79 Å². The predicted octanol–water partition coefficient (Wildman–Crippen LogP) is 0.418. The number of nitrogens with two attached hydrogens (primary N) is 1. The lowest BCUT2D eigenvalue weighted by atomic mass is 10.2. The Morgan fingerprint density at radius 3 is 2.53 bits per heavy atom. The first-order chi connectivity index (χ1) is 7.18. The molecule has 3 amide bonds. The van der Waals surface area contributed by atoms with Crippen molar-refractivity contribution >= 4 is 17.6 Å². The van der Waals surface area contributed by atoms with Crippen LogP contribution in [0.1, 0.15) is 6.42 Å². The van der Waals surface area contributed by atoms with E-state index in [1.54, 1.807) is 12.1 Å². The molecule has 1 heterocycles. The van der Waals surface area contributed by atoms with E-state index in [1.165, 1.54) is 4.90 Å². The van der Waals surface area contributed by atoms with Crippen molar-refractivity contribution in [2.24, 2.45) is 5.73 Å². The second-order valence-corrected chi connectivity index (χ2v) is 3.33. The van der Waals surface area contributed by atoms with Gasteiger partial charge < -0.3 is 5.73 Å². The van der Waals surface area contributed by atoms with Crippen molar-refractivity contribution in [3.05, 3.63) is 30.3 Å². The number of para-hydroxylation sites is 1. The molecule has 1 aromatic carbocycles. The number of nitrogens with zero attached hydrogens (tertiary/aromatic N) is 1. The van der Waals surface area contributed by atoms with Crippen molar-refractivity contribution in [3.63, 3.8) is 0 Å². The molecule has 0 bridgehead atoms. The molecule has 3 N–H and O–H groups in total. The van der Waals surface area contributed by atoms with E-state index in [2.05, 4.69) is 5.32 Å². The molecule has 5 nitrogen and oxygen atoms in total. The van der Waals surface area contributed by atoms with E-state index in [4.69, 9.17) is 5.73 Å². The predicted molar refractivity (Wildman–Crippen MR) is 55.1 cm³/mol. The minimum Gasteiger partial charge on any atom is -0.310 e. The van der Waals surface area contributed by atoms with Gasteiger partial charge in [0.05, 0.1) is 12.6 Å². The number of benzene rings is 1. The molecular formula is C10H11N3O2. The summed E-state index contributed by atoms with van der Waals surface area (Å²) in [5.74, 6) is -0.334. The summed E-state index contributed by atoms with van der Waals surface area (Å²) in [6.07, 6.45) is -0.464. The summed E-state index contributed by atoms with van der Waals surface area (Å²) in [6.45, 7) is 0. The molecule has 1 atom stereocenters. The van der Waals surface area contributed by atoms with Gasteiger partial charge in [-0.15, -0.1) is 0 Å². The Bertz CT molecular complexity index is 391. The van der Waals surface area contributed by atoms with Gasteiger partial charge in [0.2, 0.25) is 5.91 Å². The second kappa shape index (κ2) is 3.70. The molecule has 1 aliphatic rings. The molecular weight excluding hydrogens is 194 g/mol. The van der Waals surface area contributed by atoms with Crippen LogP contribution in [0.4, 0.5) is 10.5 Å². The fourth-order valence-corrected chi connectivity index (χ4v) is 1.56. The van der Waals surface area contributed by atoms with Gasteiger partial charge in [-0.25, -0.2) is 4.79 Å². The highest BCUT2D eigenvalue weighted by molar-refractivity contribution is 6.06. The molecule has 1 aromatic rings. The lowest BCUT2D eigenvalue weighted by molar-refractivity contribution is -0.120. The molecule has 0 aromatic heterocycles. The first-order valence-electron chi connectivity index (χ1n) is 4.62. The van der Waals surface area contributed by atoms with Crippen LogP contribution in [0.5, 0.6) is 0 Å². The Hall–Kier alpha value is -1.88. The van der Waals surface area contributed by atoms with Gasteiger partial charge in [0.1, 0.15) is 0 Å². The third-order valence-corrected chi connectivity index (χ3v) is 2.23. The number of carbonyl (C=O) groups is 2. The lowest BCUT2D eigenvalue weighted by Crippen LogP contribution is -2.58. The zero-order chi connectivity index (χ0) is 10.8. The summed E-state index contributed by atoms with van der Waals surface area (Å²) < 4.78 is 0. The number of anilines is 1. The Morgan fingerprint density at radius 2 is 1.93 bits per heavy atom. The number of nitrogens with one attached hydrogen (secondary N) is 1. The van der Waals surface area contributed by atoms with E-state index in [9.17, 15) is 9.59 Å². The van der Waals surface area contributed by atoms with Crippen LogP contribution in [0.25, 0.3) is 0 Å². The van der Waals surface area contributed by atoms with Gasteiger partial charge in [-0.3, -0.25) is 15.0 Å². The van der Waals surface area contributed by atoms with Crippen LogP contribution in [-0.4, -0.2) is 18.1 Å². The molecule has 78 valence electrons. The van der Waals surface area contributed by atoms with Crippen LogP contribution in [0.3, 0.4) is 0 Å². The highest BCUT2D eigenvalue weighted by Crippen LogP contribution is 2.18. The number of rotatable bonds is 1. The van der Waals surface area contributed by atoms with Gasteiger partial charge in [0.15, 0.2) is 0 Å². The number of amides is 3. The molecule has 0 radical (unpaired) electrons. The monoisotopic (exact) mass is 205 g/mol. The SMILES string of the molecule is NC1CC(=O)NC(=O)N1c1ccccc1. The lowest BCUT2D eigenvalue weighted by Gasteiger charge is -2.32. The summed E-state index contributed by atoms with van der Waals surface area (Å²) >= 11 is 0. The minimum atomic E-state index is -0.589. The molecule has 1 fully saturated rings. The molecule has 0 spiro atoms. The van der Waals surface area contributed by atoms with Crippen molar-refractivity contribution in [3.8, 4) is 0 Å². The van der Waals surface area contributed by atoms with Gasteiger partial charge >= 0.3 is 6.03 Å². The Balaban J connectivity index is 2.29. The molecule has 15 heavy (non-hydrogen) atoms. The Labute approximate surface area is 86.9 Å². The van der Waals surface area contributed by atoms with E-state index >= 15 is 0 Å². The maximum Gasteiger partial charge on any atom is 0.329 e. The van der Waals surface area contributed by atoms with E-state index in [1.807, 2.05) is 18.2 Å². The highest BCUT2D eigenvalue weighted by atomic mass is 16.2. The molecule has 2 rings (SSSR count). The number of hydrogen-bond acceptors (Lipinski definition) is 3. The fourth-order valence-electron chi connectivity index (χ4n) is 1.56. The summed E-state index contributed by atoms with van der Waals surface area (Å²) in [7, 11) is 0. The summed E-state index contributed by atoms with van der Waals surface area (Å²) in [4.78, 5) is 23.9. The standard InChI is InChI=1S/C10H11N3O2/c11-8-6-9(14)12-10(15)13(8)7-4-2-1-3-5-7/h1-5,8H,6,11H2,(H,12,14,15). The first-order valence-corrected chi connectivity index (χ1v) is 4.62. The zero-order valence-corrected chi connectivity index (χ0v) is 8.01. The van der Waals surface area contributed by atoms with Crippen LogP contribution < -0.4 is 16.0 Å².